The number of carboxylic acids is 1. The fraction of sp³-hybridized carbons (Fsp3) is 0.294. The third kappa shape index (κ3) is 3.92. The van der Waals surface area contributed by atoms with Crippen molar-refractivity contribution in [3.8, 4) is 5.75 Å². The first kappa shape index (κ1) is 16.0. The highest BCUT2D eigenvalue weighted by Crippen LogP contribution is 2.28. The first-order chi connectivity index (χ1) is 11.5. The summed E-state index contributed by atoms with van der Waals surface area (Å²) < 4.78 is 23.7. The lowest BCUT2D eigenvalue weighted by Gasteiger charge is -2.18. The fourth-order valence-corrected chi connectivity index (χ4v) is 2.30. The average Bonchev–Trinajstić information content (AvgIpc) is 3.29. The molecule has 0 saturated heterocycles. The highest BCUT2D eigenvalue weighted by Gasteiger charge is 2.35. The number of carbonyl (C=O) groups excluding carboxylic acids is 1. The molecule has 0 spiro atoms. The third-order valence-electron chi connectivity index (χ3n) is 3.62. The van der Waals surface area contributed by atoms with E-state index in [1.807, 2.05) is 0 Å². The minimum atomic E-state index is -1.05. The van der Waals surface area contributed by atoms with Crippen LogP contribution < -0.4 is 4.74 Å². The molecule has 0 unspecified atom stereocenters. The molecule has 1 N–H and O–H groups in total. The molecule has 1 heterocycles. The zero-order chi connectivity index (χ0) is 17.1. The smallest absolute Gasteiger partial charge is 0.323 e. The normalized spacial score (nSPS) is 13.5. The first-order valence-electron chi connectivity index (χ1n) is 7.53. The first-order valence-corrected chi connectivity index (χ1v) is 7.53. The second-order valence-corrected chi connectivity index (χ2v) is 5.57. The third-order valence-corrected chi connectivity index (χ3v) is 3.62. The summed E-state index contributed by atoms with van der Waals surface area (Å²) in [6.45, 7) is -0.257. The van der Waals surface area contributed by atoms with E-state index in [1.165, 1.54) is 35.2 Å². The van der Waals surface area contributed by atoms with Crippen LogP contribution in [0.25, 0.3) is 0 Å². The van der Waals surface area contributed by atoms with Crippen molar-refractivity contribution >= 4 is 11.9 Å². The highest BCUT2D eigenvalue weighted by atomic mass is 19.1. The van der Waals surface area contributed by atoms with Gasteiger partial charge >= 0.3 is 5.97 Å². The summed E-state index contributed by atoms with van der Waals surface area (Å²) in [4.78, 5) is 24.6. The molecule has 24 heavy (non-hydrogen) atoms. The second-order valence-electron chi connectivity index (χ2n) is 5.57. The Kier molecular flexibility index (Phi) is 4.50. The number of rotatable bonds is 7. The predicted molar refractivity (Wildman–Crippen MR) is 81.1 cm³/mol. The van der Waals surface area contributed by atoms with E-state index < -0.39 is 11.9 Å². The fourth-order valence-electron chi connectivity index (χ4n) is 2.30. The maximum atomic E-state index is 12.8. The molecule has 0 atom stereocenters. The maximum absolute atomic E-state index is 12.8. The van der Waals surface area contributed by atoms with E-state index in [0.29, 0.717) is 11.5 Å². The molecule has 6 nitrogen and oxygen atoms in total. The van der Waals surface area contributed by atoms with Gasteiger partial charge in [0.25, 0.3) is 5.91 Å². The van der Waals surface area contributed by atoms with Crippen LogP contribution in [-0.4, -0.2) is 34.5 Å². The molecule has 0 radical (unpaired) electrons. The van der Waals surface area contributed by atoms with Gasteiger partial charge in [-0.05, 0) is 49.2 Å². The van der Waals surface area contributed by atoms with Gasteiger partial charge in [-0.25, -0.2) is 4.39 Å². The van der Waals surface area contributed by atoms with Gasteiger partial charge in [0.1, 0.15) is 30.5 Å². The summed E-state index contributed by atoms with van der Waals surface area (Å²) in [6, 6.07) is 8.62. The number of nitrogens with zero attached hydrogens (tertiary/aromatic N) is 1. The molecule has 3 rings (SSSR count). The van der Waals surface area contributed by atoms with Gasteiger partial charge < -0.3 is 19.2 Å². The van der Waals surface area contributed by atoms with Crippen molar-refractivity contribution in [2.75, 3.05) is 6.54 Å². The minimum absolute atomic E-state index is 0.0300. The predicted octanol–water partition coefficient (Wildman–Crippen LogP) is 2.69. The van der Waals surface area contributed by atoms with E-state index in [4.69, 9.17) is 14.3 Å². The van der Waals surface area contributed by atoms with E-state index in [1.54, 1.807) is 6.07 Å². The van der Waals surface area contributed by atoms with Crippen LogP contribution in [0.1, 0.15) is 29.2 Å². The molecule has 1 aromatic heterocycles. The summed E-state index contributed by atoms with van der Waals surface area (Å²) in [5.74, 6) is -0.859. The molecule has 7 heteroatoms. The van der Waals surface area contributed by atoms with Gasteiger partial charge in [-0.3, -0.25) is 9.59 Å². The Morgan fingerprint density at radius 3 is 2.54 bits per heavy atom. The van der Waals surface area contributed by atoms with Crippen molar-refractivity contribution in [1.82, 2.24) is 4.90 Å². The van der Waals surface area contributed by atoms with Crippen molar-refractivity contribution in [2.24, 2.45) is 0 Å². The van der Waals surface area contributed by atoms with E-state index in [2.05, 4.69) is 0 Å². The highest BCUT2D eigenvalue weighted by molar-refractivity contribution is 5.93. The van der Waals surface area contributed by atoms with Crippen molar-refractivity contribution < 1.29 is 28.2 Å². The van der Waals surface area contributed by atoms with Crippen LogP contribution in [-0.2, 0) is 11.4 Å². The molecule has 1 aromatic carbocycles. The Labute approximate surface area is 137 Å². The standard InChI is InChI=1S/C17H16FNO5/c18-11-1-5-13(6-2-11)23-10-14-7-8-15(24-14)17(22)19(9-16(20)21)12-3-4-12/h1-2,5-8,12H,3-4,9-10H2,(H,20,21). The molecule has 126 valence electrons. The van der Waals surface area contributed by atoms with Gasteiger partial charge in [0.2, 0.25) is 0 Å². The van der Waals surface area contributed by atoms with Gasteiger partial charge in [-0.2, -0.15) is 0 Å². The summed E-state index contributed by atoms with van der Waals surface area (Å²) in [6.07, 6.45) is 1.61. The molecule has 2 aromatic rings. The van der Waals surface area contributed by atoms with Gasteiger partial charge in [0.05, 0.1) is 0 Å². The molecule has 1 aliphatic rings. The Hall–Kier alpha value is -2.83. The monoisotopic (exact) mass is 333 g/mol. The molecular weight excluding hydrogens is 317 g/mol. The number of amides is 1. The van der Waals surface area contributed by atoms with Crippen molar-refractivity contribution in [1.29, 1.82) is 0 Å². The van der Waals surface area contributed by atoms with Crippen LogP contribution in [0, 0.1) is 5.82 Å². The van der Waals surface area contributed by atoms with Gasteiger partial charge in [0, 0.05) is 6.04 Å². The second kappa shape index (κ2) is 6.74. The average molecular weight is 333 g/mol. The van der Waals surface area contributed by atoms with Crippen LogP contribution in [0.4, 0.5) is 4.39 Å². The SMILES string of the molecule is O=C(O)CN(C(=O)c1ccc(COc2ccc(F)cc2)o1)C1CC1. The van der Waals surface area contributed by atoms with Crippen LogP contribution in [0.3, 0.4) is 0 Å². The number of hydrogen-bond donors (Lipinski definition) is 1. The summed E-state index contributed by atoms with van der Waals surface area (Å²) >= 11 is 0. The number of aliphatic carboxylic acids is 1. The topological polar surface area (TPSA) is 80.0 Å². The van der Waals surface area contributed by atoms with Crippen LogP contribution in [0.5, 0.6) is 5.75 Å². The number of furan rings is 1. The maximum Gasteiger partial charge on any atom is 0.323 e. The molecule has 1 aliphatic carbocycles. The Balaban J connectivity index is 1.62. The number of hydrogen-bond acceptors (Lipinski definition) is 4. The van der Waals surface area contributed by atoms with E-state index >= 15 is 0 Å². The zero-order valence-electron chi connectivity index (χ0n) is 12.8. The number of halogens is 1. The van der Waals surface area contributed by atoms with Gasteiger partial charge in [0.15, 0.2) is 5.76 Å². The number of carbonyl (C=O) groups is 2. The van der Waals surface area contributed by atoms with E-state index in [0.717, 1.165) is 12.8 Å². The summed E-state index contributed by atoms with van der Waals surface area (Å²) in [7, 11) is 0. The molecular formula is C17H16FNO5. The quantitative estimate of drug-likeness (QED) is 0.843. The van der Waals surface area contributed by atoms with Gasteiger partial charge in [-0.1, -0.05) is 0 Å². The molecule has 1 amide bonds. The zero-order valence-corrected chi connectivity index (χ0v) is 12.8. The number of carboxylic acid groups (broad SMARTS) is 1. The summed E-state index contributed by atoms with van der Waals surface area (Å²) in [5.41, 5.74) is 0. The lowest BCUT2D eigenvalue weighted by Crippen LogP contribution is -2.37. The Morgan fingerprint density at radius 2 is 1.92 bits per heavy atom. The van der Waals surface area contributed by atoms with Crippen LogP contribution >= 0.6 is 0 Å². The number of benzene rings is 1. The minimum Gasteiger partial charge on any atom is -0.486 e. The molecule has 1 fully saturated rings. The molecule has 1 saturated carbocycles. The van der Waals surface area contributed by atoms with Crippen LogP contribution in [0.15, 0.2) is 40.8 Å². The molecule has 0 aliphatic heterocycles. The van der Waals surface area contributed by atoms with Crippen molar-refractivity contribution in [2.45, 2.75) is 25.5 Å². The van der Waals surface area contributed by atoms with Gasteiger partial charge in [-0.15, -0.1) is 0 Å². The van der Waals surface area contributed by atoms with Crippen molar-refractivity contribution in [3.63, 3.8) is 0 Å². The lowest BCUT2D eigenvalue weighted by atomic mass is 10.3. The number of ether oxygens (including phenoxy) is 1. The largest absolute Gasteiger partial charge is 0.486 e. The van der Waals surface area contributed by atoms with Crippen LogP contribution in [0.2, 0.25) is 0 Å². The Bertz CT molecular complexity index is 736. The molecule has 0 bridgehead atoms. The van der Waals surface area contributed by atoms with Crippen molar-refractivity contribution in [3.05, 3.63) is 53.7 Å². The van der Waals surface area contributed by atoms with E-state index in [9.17, 15) is 14.0 Å². The lowest BCUT2D eigenvalue weighted by molar-refractivity contribution is -0.137. The Morgan fingerprint density at radius 1 is 1.21 bits per heavy atom. The summed E-state index contributed by atoms with van der Waals surface area (Å²) in [5, 5.41) is 8.92. The van der Waals surface area contributed by atoms with E-state index in [-0.39, 0.29) is 30.8 Å².